The van der Waals surface area contributed by atoms with Crippen molar-refractivity contribution in [1.82, 2.24) is 24.8 Å². The number of rotatable bonds is 6. The number of hydrogen-bond acceptors (Lipinski definition) is 6. The predicted molar refractivity (Wildman–Crippen MR) is 105 cm³/mol. The number of anilines is 1. The van der Waals surface area contributed by atoms with Gasteiger partial charge in [0, 0.05) is 11.4 Å². The van der Waals surface area contributed by atoms with Crippen molar-refractivity contribution in [3.8, 4) is 0 Å². The Balaban J connectivity index is 1.62. The highest BCUT2D eigenvalue weighted by Crippen LogP contribution is 2.21. The molecule has 2 aromatic heterocycles. The molecule has 1 aliphatic heterocycles. The Morgan fingerprint density at radius 3 is 3.08 bits per heavy atom. The van der Waals surface area contributed by atoms with E-state index in [1.54, 1.807) is 22.5 Å². The van der Waals surface area contributed by atoms with Gasteiger partial charge < -0.3 is 15.6 Å². The lowest BCUT2D eigenvalue weighted by Gasteiger charge is -2.10. The van der Waals surface area contributed by atoms with Crippen molar-refractivity contribution in [2.45, 2.75) is 17.9 Å². The number of nitrogens with one attached hydrogen (secondary N) is 3. The third-order valence-corrected chi connectivity index (χ3v) is 5.58. The van der Waals surface area contributed by atoms with E-state index in [0.29, 0.717) is 29.6 Å². The summed E-state index contributed by atoms with van der Waals surface area (Å²) in [6.45, 7) is 3.41. The van der Waals surface area contributed by atoms with Gasteiger partial charge in [-0.25, -0.2) is 9.78 Å². The second-order valence-corrected chi connectivity index (χ2v) is 7.35. The van der Waals surface area contributed by atoms with E-state index >= 15 is 0 Å². The van der Waals surface area contributed by atoms with Crippen LogP contribution in [0.5, 0.6) is 0 Å². The van der Waals surface area contributed by atoms with Crippen LogP contribution in [0.4, 0.5) is 5.95 Å². The normalized spacial score (nSPS) is 17.0. The molecule has 0 aliphatic carbocycles. The van der Waals surface area contributed by atoms with Crippen molar-refractivity contribution >= 4 is 28.9 Å². The van der Waals surface area contributed by atoms with Crippen molar-refractivity contribution < 1.29 is 0 Å². The quantitative estimate of drug-likeness (QED) is 0.575. The maximum Gasteiger partial charge on any atom is 0.328 e. The van der Waals surface area contributed by atoms with Crippen molar-refractivity contribution in [2.75, 3.05) is 31.2 Å². The molecule has 1 atom stereocenters. The van der Waals surface area contributed by atoms with Crippen LogP contribution in [0.3, 0.4) is 0 Å². The Morgan fingerprint density at radius 1 is 1.38 bits per heavy atom. The molecule has 7 nitrogen and oxygen atoms in total. The van der Waals surface area contributed by atoms with Crippen LogP contribution in [0.2, 0.25) is 0 Å². The van der Waals surface area contributed by atoms with Gasteiger partial charge in [0.1, 0.15) is 5.52 Å². The molecule has 0 saturated carbocycles. The van der Waals surface area contributed by atoms with Crippen LogP contribution in [0.25, 0.3) is 11.2 Å². The van der Waals surface area contributed by atoms with Crippen LogP contribution in [0.1, 0.15) is 12.0 Å². The van der Waals surface area contributed by atoms with E-state index in [1.807, 2.05) is 24.5 Å². The summed E-state index contributed by atoms with van der Waals surface area (Å²) in [6.07, 6.45) is 4.88. The molecule has 136 valence electrons. The van der Waals surface area contributed by atoms with Gasteiger partial charge in [0.25, 0.3) is 0 Å². The third-order valence-electron chi connectivity index (χ3n) is 4.74. The average Bonchev–Trinajstić information content (AvgIpc) is 3.29. The smallest absolute Gasteiger partial charge is 0.328 e. The zero-order valence-electron chi connectivity index (χ0n) is 14.7. The number of nitrogens with zero attached hydrogens (tertiary/aromatic N) is 3. The standard InChI is InChI=1S/C18H22N6OS/c1-26-15-5-3-2-4-13(15)11-24-16-14(22-18(24)25)10-21-17(23-16)20-9-12-6-7-19-8-12/h2-5,10,12,19H,6-9,11H2,1H3,(H,22,25)(H,20,21,23)/t12-/m0/s1. The molecule has 4 rings (SSSR count). The van der Waals surface area contributed by atoms with Gasteiger partial charge in [-0.3, -0.25) is 4.57 Å². The van der Waals surface area contributed by atoms with Crippen LogP contribution in [0, 0.1) is 5.92 Å². The second kappa shape index (κ2) is 7.51. The lowest BCUT2D eigenvalue weighted by Crippen LogP contribution is -2.19. The number of aromatic amines is 1. The molecule has 26 heavy (non-hydrogen) atoms. The number of aromatic nitrogens is 4. The first-order valence-corrected chi connectivity index (χ1v) is 9.99. The van der Waals surface area contributed by atoms with Crippen LogP contribution < -0.4 is 16.3 Å². The number of fused-ring (bicyclic) bond motifs is 1. The van der Waals surface area contributed by atoms with Gasteiger partial charge in [0.15, 0.2) is 5.65 Å². The highest BCUT2D eigenvalue weighted by molar-refractivity contribution is 7.98. The molecule has 3 heterocycles. The van der Waals surface area contributed by atoms with Gasteiger partial charge in [-0.05, 0) is 43.3 Å². The van der Waals surface area contributed by atoms with Gasteiger partial charge in [0.2, 0.25) is 5.95 Å². The summed E-state index contributed by atoms with van der Waals surface area (Å²) in [5, 5.41) is 6.66. The van der Waals surface area contributed by atoms with Crippen LogP contribution >= 0.6 is 11.8 Å². The summed E-state index contributed by atoms with van der Waals surface area (Å²) >= 11 is 1.68. The summed E-state index contributed by atoms with van der Waals surface area (Å²) in [4.78, 5) is 25.4. The number of hydrogen-bond donors (Lipinski definition) is 3. The molecule has 3 N–H and O–H groups in total. The number of H-pyrrole nitrogens is 1. The van der Waals surface area contributed by atoms with Crippen molar-refractivity contribution in [3.63, 3.8) is 0 Å². The van der Waals surface area contributed by atoms with Crippen molar-refractivity contribution in [2.24, 2.45) is 5.92 Å². The van der Waals surface area contributed by atoms with Crippen LogP contribution in [0.15, 0.2) is 40.2 Å². The van der Waals surface area contributed by atoms with Crippen molar-refractivity contribution in [3.05, 3.63) is 46.5 Å². The lowest BCUT2D eigenvalue weighted by molar-refractivity contribution is 0.613. The molecule has 1 fully saturated rings. The fourth-order valence-electron chi connectivity index (χ4n) is 3.31. The summed E-state index contributed by atoms with van der Waals surface area (Å²) in [7, 11) is 0. The molecule has 1 saturated heterocycles. The predicted octanol–water partition coefficient (Wildman–Crippen LogP) is 1.91. The van der Waals surface area contributed by atoms with Crippen molar-refractivity contribution in [1.29, 1.82) is 0 Å². The molecular weight excluding hydrogens is 348 g/mol. The lowest BCUT2D eigenvalue weighted by atomic mass is 10.1. The molecule has 8 heteroatoms. The topological polar surface area (TPSA) is 87.6 Å². The fraction of sp³-hybridized carbons (Fsp3) is 0.389. The Labute approximate surface area is 155 Å². The van der Waals surface area contributed by atoms with E-state index in [-0.39, 0.29) is 5.69 Å². The second-order valence-electron chi connectivity index (χ2n) is 6.50. The minimum absolute atomic E-state index is 0.164. The maximum atomic E-state index is 12.4. The van der Waals surface area contributed by atoms with E-state index in [4.69, 9.17) is 0 Å². The molecule has 0 amide bonds. The van der Waals surface area contributed by atoms with Crippen LogP contribution in [-0.4, -0.2) is 45.4 Å². The Morgan fingerprint density at radius 2 is 2.27 bits per heavy atom. The summed E-state index contributed by atoms with van der Waals surface area (Å²) in [5.41, 5.74) is 2.23. The van der Waals surface area contributed by atoms with E-state index in [1.165, 1.54) is 0 Å². The van der Waals surface area contributed by atoms with E-state index < -0.39 is 0 Å². The van der Waals surface area contributed by atoms with Gasteiger partial charge in [-0.2, -0.15) is 4.98 Å². The Bertz CT molecular complexity index is 960. The van der Waals surface area contributed by atoms with Gasteiger partial charge in [-0.15, -0.1) is 11.8 Å². The average molecular weight is 370 g/mol. The van der Waals surface area contributed by atoms with E-state index in [2.05, 4.69) is 31.7 Å². The number of imidazole rings is 1. The van der Waals surface area contributed by atoms with Gasteiger partial charge >= 0.3 is 5.69 Å². The highest BCUT2D eigenvalue weighted by atomic mass is 32.2. The first-order chi connectivity index (χ1) is 12.7. The summed E-state index contributed by atoms with van der Waals surface area (Å²) < 4.78 is 1.67. The Kier molecular flexibility index (Phi) is 4.94. The zero-order chi connectivity index (χ0) is 17.9. The first-order valence-electron chi connectivity index (χ1n) is 8.76. The van der Waals surface area contributed by atoms with E-state index in [9.17, 15) is 4.79 Å². The molecule has 0 unspecified atom stereocenters. The largest absolute Gasteiger partial charge is 0.354 e. The molecule has 0 bridgehead atoms. The van der Waals surface area contributed by atoms with E-state index in [0.717, 1.165) is 36.5 Å². The Hall–Kier alpha value is -2.32. The summed E-state index contributed by atoms with van der Waals surface area (Å²) in [5.74, 6) is 1.16. The highest BCUT2D eigenvalue weighted by Gasteiger charge is 2.16. The molecular formula is C18H22N6OS. The van der Waals surface area contributed by atoms with Gasteiger partial charge in [-0.1, -0.05) is 18.2 Å². The maximum absolute atomic E-state index is 12.4. The number of benzene rings is 1. The molecule has 0 spiro atoms. The molecule has 3 aromatic rings. The molecule has 1 aromatic carbocycles. The third kappa shape index (κ3) is 3.47. The first kappa shape index (κ1) is 17.1. The fourth-order valence-corrected chi connectivity index (χ4v) is 3.92. The molecule has 1 aliphatic rings. The molecule has 0 radical (unpaired) electrons. The minimum atomic E-state index is -0.164. The van der Waals surface area contributed by atoms with Gasteiger partial charge in [0.05, 0.1) is 12.7 Å². The minimum Gasteiger partial charge on any atom is -0.354 e. The van der Waals surface area contributed by atoms with Crippen LogP contribution in [-0.2, 0) is 6.54 Å². The monoisotopic (exact) mass is 370 g/mol. The summed E-state index contributed by atoms with van der Waals surface area (Å²) in [6, 6.07) is 8.12. The zero-order valence-corrected chi connectivity index (χ0v) is 15.5. The SMILES string of the molecule is CSc1ccccc1Cn1c(=O)[nH]c2cnc(NC[C@H]3CCNC3)nc21. The number of thioether (sulfide) groups is 1.